The molecule has 0 bridgehead atoms. The van der Waals surface area contributed by atoms with Crippen LogP contribution in [0.3, 0.4) is 0 Å². The van der Waals surface area contributed by atoms with Gasteiger partial charge in [0.2, 0.25) is 5.91 Å². The molecule has 0 aliphatic carbocycles. The molecule has 3 atom stereocenters. The van der Waals surface area contributed by atoms with Crippen LogP contribution in [0.25, 0.3) is 0 Å². The maximum atomic E-state index is 12.7. The van der Waals surface area contributed by atoms with Crippen molar-refractivity contribution in [3.63, 3.8) is 0 Å². The topological polar surface area (TPSA) is 107 Å². The smallest absolute Gasteiger partial charge is 0.326 e. The molecular formula is C20H23NO5S. The van der Waals surface area contributed by atoms with E-state index in [-0.39, 0.29) is 29.6 Å². The Hall–Kier alpha value is -2.67. The number of aromatic hydroxyl groups is 2. The zero-order valence-electron chi connectivity index (χ0n) is 14.9. The van der Waals surface area contributed by atoms with Crippen molar-refractivity contribution in [3.05, 3.63) is 59.7 Å². The Bertz CT molecular complexity index is 776. The van der Waals surface area contributed by atoms with Gasteiger partial charge in [0.1, 0.15) is 17.5 Å². The van der Waals surface area contributed by atoms with Gasteiger partial charge in [-0.1, -0.05) is 31.2 Å². The first-order valence-electron chi connectivity index (χ1n) is 8.52. The maximum Gasteiger partial charge on any atom is 0.326 e. The van der Waals surface area contributed by atoms with Gasteiger partial charge in [-0.25, -0.2) is 4.79 Å². The SMILES string of the molecule is CC(c1ccc(O)cc1)C(CS)C(=O)N[C@@H](Cc1ccc(O)cc1)C(=O)O. The molecule has 2 unspecified atom stereocenters. The second kappa shape index (κ2) is 9.32. The van der Waals surface area contributed by atoms with Crippen LogP contribution in [-0.4, -0.2) is 39.0 Å². The molecule has 0 saturated carbocycles. The number of hydrogen-bond donors (Lipinski definition) is 5. The molecule has 2 rings (SSSR count). The van der Waals surface area contributed by atoms with Gasteiger partial charge in [-0.05, 0) is 41.3 Å². The van der Waals surface area contributed by atoms with Gasteiger partial charge >= 0.3 is 5.97 Å². The fourth-order valence-corrected chi connectivity index (χ4v) is 3.31. The lowest BCUT2D eigenvalue weighted by atomic mass is 9.87. The highest BCUT2D eigenvalue weighted by molar-refractivity contribution is 7.80. The second-order valence-electron chi connectivity index (χ2n) is 6.44. The highest BCUT2D eigenvalue weighted by Crippen LogP contribution is 2.27. The molecule has 144 valence electrons. The number of benzene rings is 2. The molecule has 0 fully saturated rings. The van der Waals surface area contributed by atoms with E-state index in [0.29, 0.717) is 5.56 Å². The van der Waals surface area contributed by atoms with Crippen molar-refractivity contribution < 1.29 is 24.9 Å². The third-order valence-corrected chi connectivity index (χ3v) is 4.94. The monoisotopic (exact) mass is 389 g/mol. The summed E-state index contributed by atoms with van der Waals surface area (Å²) in [6.07, 6.45) is 0.105. The van der Waals surface area contributed by atoms with Crippen LogP contribution in [0.15, 0.2) is 48.5 Å². The first-order valence-corrected chi connectivity index (χ1v) is 9.16. The Morgan fingerprint density at radius 3 is 2.00 bits per heavy atom. The summed E-state index contributed by atoms with van der Waals surface area (Å²) < 4.78 is 0. The number of carbonyl (C=O) groups is 2. The summed E-state index contributed by atoms with van der Waals surface area (Å²) in [5.41, 5.74) is 1.54. The number of nitrogens with one attached hydrogen (secondary N) is 1. The molecule has 0 radical (unpaired) electrons. The Kier molecular flexibility index (Phi) is 7.12. The lowest BCUT2D eigenvalue weighted by Crippen LogP contribution is -2.46. The van der Waals surface area contributed by atoms with Gasteiger partial charge in [-0.15, -0.1) is 0 Å². The predicted molar refractivity (Wildman–Crippen MR) is 105 cm³/mol. The molecule has 0 aromatic heterocycles. The molecule has 0 heterocycles. The van der Waals surface area contributed by atoms with Crippen LogP contribution < -0.4 is 5.32 Å². The van der Waals surface area contributed by atoms with Crippen molar-refractivity contribution in [1.82, 2.24) is 5.32 Å². The molecule has 2 aromatic rings. The number of carboxylic acids is 1. The number of hydrogen-bond acceptors (Lipinski definition) is 5. The third kappa shape index (κ3) is 5.65. The Morgan fingerprint density at radius 2 is 1.52 bits per heavy atom. The summed E-state index contributed by atoms with van der Waals surface area (Å²) in [5, 5.41) is 30.8. The van der Waals surface area contributed by atoms with E-state index in [1.807, 2.05) is 6.92 Å². The largest absolute Gasteiger partial charge is 0.508 e. The Labute approximate surface area is 163 Å². The van der Waals surface area contributed by atoms with Crippen molar-refractivity contribution in [3.8, 4) is 11.5 Å². The molecule has 2 aromatic carbocycles. The summed E-state index contributed by atoms with van der Waals surface area (Å²) in [6, 6.07) is 11.6. The highest BCUT2D eigenvalue weighted by Gasteiger charge is 2.29. The van der Waals surface area contributed by atoms with Gasteiger partial charge in [0, 0.05) is 12.2 Å². The second-order valence-corrected chi connectivity index (χ2v) is 6.80. The zero-order valence-corrected chi connectivity index (χ0v) is 15.8. The molecule has 7 heteroatoms. The fourth-order valence-electron chi connectivity index (χ4n) is 2.82. The standard InChI is InChI=1S/C20H23NO5S/c1-12(14-4-8-16(23)9-5-14)17(11-27)19(24)21-18(20(25)26)10-13-2-6-15(22)7-3-13/h2-9,12,17-18,22-23,27H,10-11H2,1H3,(H,21,24)(H,25,26)/t12?,17?,18-/m0/s1. The molecule has 1 amide bonds. The maximum absolute atomic E-state index is 12.7. The van der Waals surface area contributed by atoms with Crippen molar-refractivity contribution in [2.45, 2.75) is 25.3 Å². The average molecular weight is 389 g/mol. The van der Waals surface area contributed by atoms with Crippen LogP contribution in [0.5, 0.6) is 11.5 Å². The van der Waals surface area contributed by atoms with Gasteiger partial charge < -0.3 is 20.6 Å². The molecule has 0 spiro atoms. The lowest BCUT2D eigenvalue weighted by Gasteiger charge is -2.24. The van der Waals surface area contributed by atoms with E-state index in [4.69, 9.17) is 0 Å². The molecule has 4 N–H and O–H groups in total. The molecule has 6 nitrogen and oxygen atoms in total. The predicted octanol–water partition coefficient (Wildman–Crippen LogP) is 2.56. The van der Waals surface area contributed by atoms with Gasteiger partial charge in [0.05, 0.1) is 5.92 Å². The summed E-state index contributed by atoms with van der Waals surface area (Å²) in [5.74, 6) is -1.78. The number of phenolic OH excluding ortho intramolecular Hbond substituents is 2. The van der Waals surface area contributed by atoms with E-state index < -0.39 is 23.8 Å². The minimum Gasteiger partial charge on any atom is -0.508 e. The van der Waals surface area contributed by atoms with E-state index in [1.165, 1.54) is 12.1 Å². The minimum atomic E-state index is -1.13. The summed E-state index contributed by atoms with van der Waals surface area (Å²) >= 11 is 4.26. The number of phenols is 2. The van der Waals surface area contributed by atoms with Crippen LogP contribution in [0, 0.1) is 5.92 Å². The van der Waals surface area contributed by atoms with Crippen LogP contribution in [0.1, 0.15) is 24.0 Å². The van der Waals surface area contributed by atoms with Crippen LogP contribution in [0.2, 0.25) is 0 Å². The van der Waals surface area contributed by atoms with E-state index in [9.17, 15) is 24.9 Å². The average Bonchev–Trinajstić information content (AvgIpc) is 2.64. The van der Waals surface area contributed by atoms with E-state index in [1.54, 1.807) is 36.4 Å². The normalized spacial score (nSPS) is 14.1. The van der Waals surface area contributed by atoms with Crippen molar-refractivity contribution in [2.24, 2.45) is 5.92 Å². The first-order chi connectivity index (χ1) is 12.8. The van der Waals surface area contributed by atoms with Crippen LogP contribution >= 0.6 is 12.6 Å². The van der Waals surface area contributed by atoms with Crippen molar-refractivity contribution in [1.29, 1.82) is 0 Å². The summed E-state index contributed by atoms with van der Waals surface area (Å²) in [7, 11) is 0. The number of rotatable bonds is 8. The highest BCUT2D eigenvalue weighted by atomic mass is 32.1. The Balaban J connectivity index is 2.10. The molecular weight excluding hydrogens is 366 g/mol. The number of amides is 1. The number of carbonyl (C=O) groups excluding carboxylic acids is 1. The number of thiol groups is 1. The molecule has 27 heavy (non-hydrogen) atoms. The van der Waals surface area contributed by atoms with Crippen LogP contribution in [-0.2, 0) is 16.0 Å². The Morgan fingerprint density at radius 1 is 1.00 bits per heavy atom. The lowest BCUT2D eigenvalue weighted by molar-refractivity contribution is -0.142. The van der Waals surface area contributed by atoms with Gasteiger partial charge in [-0.3, -0.25) is 4.79 Å². The first kappa shape index (κ1) is 20.6. The number of aliphatic carboxylic acids is 1. The van der Waals surface area contributed by atoms with E-state index in [2.05, 4.69) is 17.9 Å². The van der Waals surface area contributed by atoms with Crippen LogP contribution in [0.4, 0.5) is 0 Å². The zero-order chi connectivity index (χ0) is 20.0. The van der Waals surface area contributed by atoms with Gasteiger partial charge in [0.25, 0.3) is 0 Å². The van der Waals surface area contributed by atoms with Gasteiger partial charge in [0.15, 0.2) is 0 Å². The molecule has 0 saturated heterocycles. The summed E-state index contributed by atoms with van der Waals surface area (Å²) in [4.78, 5) is 24.3. The van der Waals surface area contributed by atoms with Crippen molar-refractivity contribution in [2.75, 3.05) is 5.75 Å². The molecule has 0 aliphatic rings. The minimum absolute atomic E-state index is 0.0903. The summed E-state index contributed by atoms with van der Waals surface area (Å²) in [6.45, 7) is 1.86. The molecule has 0 aliphatic heterocycles. The van der Waals surface area contributed by atoms with Gasteiger partial charge in [-0.2, -0.15) is 12.6 Å². The van der Waals surface area contributed by atoms with E-state index >= 15 is 0 Å². The van der Waals surface area contributed by atoms with E-state index in [0.717, 1.165) is 5.56 Å². The third-order valence-electron chi connectivity index (χ3n) is 4.55. The quantitative estimate of drug-likeness (QED) is 0.446. The van der Waals surface area contributed by atoms with Crippen molar-refractivity contribution >= 4 is 24.5 Å². The fraction of sp³-hybridized carbons (Fsp3) is 0.300. The number of carboxylic acid groups (broad SMARTS) is 1.